The lowest BCUT2D eigenvalue weighted by molar-refractivity contribution is -0.139. The molecule has 4 nitrogen and oxygen atoms in total. The standard InChI is InChI=1S/C14H19NO3/c1-3-5-12(14(17)18)15-13(16)11-8-6-10(4-2)7-9-11/h6-9,12H,3-5H2,1-2H3,(H,15,16)(H,17,18)/t12-/m1/s1. The fourth-order valence-electron chi connectivity index (χ4n) is 1.68. The Morgan fingerprint density at radius 1 is 1.22 bits per heavy atom. The molecule has 98 valence electrons. The van der Waals surface area contributed by atoms with E-state index in [1.165, 1.54) is 0 Å². The van der Waals surface area contributed by atoms with Crippen LogP contribution in [0.3, 0.4) is 0 Å². The highest BCUT2D eigenvalue weighted by Crippen LogP contribution is 2.06. The zero-order chi connectivity index (χ0) is 13.5. The normalized spacial score (nSPS) is 11.9. The van der Waals surface area contributed by atoms with Crippen molar-refractivity contribution < 1.29 is 14.7 Å². The molecule has 2 N–H and O–H groups in total. The lowest BCUT2D eigenvalue weighted by Crippen LogP contribution is -2.40. The van der Waals surface area contributed by atoms with Gasteiger partial charge in [-0.2, -0.15) is 0 Å². The van der Waals surface area contributed by atoms with Crippen molar-refractivity contribution in [2.24, 2.45) is 0 Å². The fraction of sp³-hybridized carbons (Fsp3) is 0.429. The van der Waals surface area contributed by atoms with Crippen molar-refractivity contribution in [2.45, 2.75) is 39.2 Å². The molecule has 0 bridgehead atoms. The van der Waals surface area contributed by atoms with Gasteiger partial charge in [0.1, 0.15) is 6.04 Å². The molecule has 0 spiro atoms. The molecule has 0 unspecified atom stereocenters. The van der Waals surface area contributed by atoms with Gasteiger partial charge in [0.05, 0.1) is 0 Å². The van der Waals surface area contributed by atoms with E-state index in [0.29, 0.717) is 18.4 Å². The number of carbonyl (C=O) groups is 2. The highest BCUT2D eigenvalue weighted by Gasteiger charge is 2.19. The van der Waals surface area contributed by atoms with Crippen LogP contribution in [0, 0.1) is 0 Å². The summed E-state index contributed by atoms with van der Waals surface area (Å²) >= 11 is 0. The smallest absolute Gasteiger partial charge is 0.326 e. The summed E-state index contributed by atoms with van der Waals surface area (Å²) in [5.41, 5.74) is 1.64. The second-order valence-electron chi connectivity index (χ2n) is 4.20. The average Bonchev–Trinajstić information content (AvgIpc) is 2.38. The molecule has 0 radical (unpaired) electrons. The molecule has 1 aromatic carbocycles. The Morgan fingerprint density at radius 3 is 2.28 bits per heavy atom. The minimum absolute atomic E-state index is 0.335. The van der Waals surface area contributed by atoms with E-state index in [4.69, 9.17) is 5.11 Å². The zero-order valence-electron chi connectivity index (χ0n) is 10.8. The molecule has 1 atom stereocenters. The van der Waals surface area contributed by atoms with E-state index >= 15 is 0 Å². The van der Waals surface area contributed by atoms with Crippen LogP contribution in [0.1, 0.15) is 42.6 Å². The van der Waals surface area contributed by atoms with Crippen molar-refractivity contribution in [3.8, 4) is 0 Å². The molecular weight excluding hydrogens is 230 g/mol. The van der Waals surface area contributed by atoms with Gasteiger partial charge in [0.25, 0.3) is 5.91 Å². The van der Waals surface area contributed by atoms with Gasteiger partial charge >= 0.3 is 5.97 Å². The summed E-state index contributed by atoms with van der Waals surface area (Å²) in [5, 5.41) is 11.5. The van der Waals surface area contributed by atoms with Crippen LogP contribution in [-0.2, 0) is 11.2 Å². The van der Waals surface area contributed by atoms with Gasteiger partial charge in [0.15, 0.2) is 0 Å². The Labute approximate surface area is 107 Å². The van der Waals surface area contributed by atoms with E-state index in [9.17, 15) is 9.59 Å². The molecule has 0 heterocycles. The Bertz CT molecular complexity index is 412. The summed E-state index contributed by atoms with van der Waals surface area (Å²) < 4.78 is 0. The van der Waals surface area contributed by atoms with Crippen LogP contribution >= 0.6 is 0 Å². The molecule has 0 aromatic heterocycles. The van der Waals surface area contributed by atoms with Crippen molar-refractivity contribution in [2.75, 3.05) is 0 Å². The largest absolute Gasteiger partial charge is 0.480 e. The third-order valence-corrected chi connectivity index (χ3v) is 2.81. The molecule has 18 heavy (non-hydrogen) atoms. The predicted molar refractivity (Wildman–Crippen MR) is 69.6 cm³/mol. The first-order chi connectivity index (χ1) is 8.58. The van der Waals surface area contributed by atoms with E-state index in [0.717, 1.165) is 12.0 Å². The minimum atomic E-state index is -0.990. The predicted octanol–water partition coefficient (Wildman–Crippen LogP) is 2.23. The Morgan fingerprint density at radius 2 is 1.83 bits per heavy atom. The number of hydrogen-bond acceptors (Lipinski definition) is 2. The zero-order valence-corrected chi connectivity index (χ0v) is 10.8. The summed E-state index contributed by atoms with van der Waals surface area (Å²) in [4.78, 5) is 22.8. The average molecular weight is 249 g/mol. The first-order valence-electron chi connectivity index (χ1n) is 6.21. The monoisotopic (exact) mass is 249 g/mol. The van der Waals surface area contributed by atoms with Gasteiger partial charge < -0.3 is 10.4 Å². The summed E-state index contributed by atoms with van der Waals surface area (Å²) in [6.07, 6.45) is 2.07. The van der Waals surface area contributed by atoms with Crippen molar-refractivity contribution in [3.63, 3.8) is 0 Å². The Hall–Kier alpha value is -1.84. The number of aliphatic carboxylic acids is 1. The van der Waals surface area contributed by atoms with Gasteiger partial charge in [0, 0.05) is 5.56 Å². The number of carboxylic acid groups (broad SMARTS) is 1. The number of carboxylic acids is 1. The van der Waals surface area contributed by atoms with E-state index in [1.54, 1.807) is 12.1 Å². The van der Waals surface area contributed by atoms with Crippen molar-refractivity contribution in [1.82, 2.24) is 5.32 Å². The number of hydrogen-bond donors (Lipinski definition) is 2. The number of rotatable bonds is 6. The maximum Gasteiger partial charge on any atom is 0.326 e. The maximum absolute atomic E-state index is 11.9. The van der Waals surface area contributed by atoms with E-state index in [1.807, 2.05) is 26.0 Å². The second-order valence-corrected chi connectivity index (χ2v) is 4.20. The summed E-state index contributed by atoms with van der Waals surface area (Å²) in [7, 11) is 0. The Balaban J connectivity index is 2.70. The number of nitrogens with one attached hydrogen (secondary N) is 1. The number of amides is 1. The van der Waals surface area contributed by atoms with Gasteiger partial charge in [-0.1, -0.05) is 32.4 Å². The first-order valence-corrected chi connectivity index (χ1v) is 6.21. The third-order valence-electron chi connectivity index (χ3n) is 2.81. The van der Waals surface area contributed by atoms with Crippen molar-refractivity contribution >= 4 is 11.9 Å². The fourth-order valence-corrected chi connectivity index (χ4v) is 1.68. The molecule has 1 rings (SSSR count). The topological polar surface area (TPSA) is 66.4 Å². The van der Waals surface area contributed by atoms with Crippen molar-refractivity contribution in [3.05, 3.63) is 35.4 Å². The highest BCUT2D eigenvalue weighted by atomic mass is 16.4. The molecule has 1 aromatic rings. The van der Waals surface area contributed by atoms with Gasteiger partial charge in [-0.3, -0.25) is 4.79 Å². The van der Waals surface area contributed by atoms with Gasteiger partial charge in [-0.15, -0.1) is 0 Å². The Kier molecular flexibility index (Phi) is 5.36. The molecule has 4 heteroatoms. The molecule has 1 amide bonds. The molecule has 0 saturated carbocycles. The minimum Gasteiger partial charge on any atom is -0.480 e. The summed E-state index contributed by atoms with van der Waals surface area (Å²) in [6.45, 7) is 3.93. The summed E-state index contributed by atoms with van der Waals surface area (Å²) in [6, 6.07) is 6.39. The summed E-state index contributed by atoms with van der Waals surface area (Å²) in [5.74, 6) is -1.33. The van der Waals surface area contributed by atoms with Crippen LogP contribution in [0.15, 0.2) is 24.3 Å². The van der Waals surface area contributed by atoms with Gasteiger partial charge in [-0.05, 0) is 30.5 Å². The van der Waals surface area contributed by atoms with E-state index in [-0.39, 0.29) is 5.91 Å². The molecule has 0 aliphatic carbocycles. The van der Waals surface area contributed by atoms with Crippen LogP contribution in [0.25, 0.3) is 0 Å². The molecule has 0 fully saturated rings. The molecule has 0 aliphatic rings. The third kappa shape index (κ3) is 3.87. The highest BCUT2D eigenvalue weighted by molar-refractivity contribution is 5.96. The van der Waals surface area contributed by atoms with Gasteiger partial charge in [0.2, 0.25) is 0 Å². The lowest BCUT2D eigenvalue weighted by Gasteiger charge is -2.13. The second kappa shape index (κ2) is 6.79. The van der Waals surface area contributed by atoms with E-state index in [2.05, 4.69) is 5.32 Å². The quantitative estimate of drug-likeness (QED) is 0.812. The first kappa shape index (κ1) is 14.2. The van der Waals surface area contributed by atoms with Crippen LogP contribution in [0.2, 0.25) is 0 Å². The van der Waals surface area contributed by atoms with Crippen LogP contribution in [-0.4, -0.2) is 23.0 Å². The lowest BCUT2D eigenvalue weighted by atomic mass is 10.1. The van der Waals surface area contributed by atoms with E-state index < -0.39 is 12.0 Å². The van der Waals surface area contributed by atoms with Crippen LogP contribution in [0.5, 0.6) is 0 Å². The number of carbonyl (C=O) groups excluding carboxylic acids is 1. The molecule has 0 saturated heterocycles. The van der Waals surface area contributed by atoms with Gasteiger partial charge in [-0.25, -0.2) is 4.79 Å². The maximum atomic E-state index is 11.9. The number of benzene rings is 1. The SMILES string of the molecule is CCC[C@@H](NC(=O)c1ccc(CC)cc1)C(=O)O. The molecular formula is C14H19NO3. The van der Waals surface area contributed by atoms with Crippen LogP contribution in [0.4, 0.5) is 0 Å². The van der Waals surface area contributed by atoms with Crippen LogP contribution < -0.4 is 5.32 Å². The number of aryl methyl sites for hydroxylation is 1. The molecule has 0 aliphatic heterocycles. The van der Waals surface area contributed by atoms with Crippen molar-refractivity contribution in [1.29, 1.82) is 0 Å².